The van der Waals surface area contributed by atoms with E-state index in [0.29, 0.717) is 37.6 Å². The van der Waals surface area contributed by atoms with Gasteiger partial charge in [0.1, 0.15) is 5.76 Å². The average Bonchev–Trinajstić information content (AvgIpc) is 3.34. The van der Waals surface area contributed by atoms with Crippen LogP contribution in [-0.4, -0.2) is 39.2 Å². The van der Waals surface area contributed by atoms with Crippen molar-refractivity contribution in [2.75, 3.05) is 13.1 Å². The van der Waals surface area contributed by atoms with Crippen molar-refractivity contribution >= 4 is 5.91 Å². The Hall–Kier alpha value is -2.96. The fourth-order valence-electron chi connectivity index (χ4n) is 3.85. The van der Waals surface area contributed by atoms with Crippen LogP contribution in [0.15, 0.2) is 33.3 Å². The summed E-state index contributed by atoms with van der Waals surface area (Å²) in [6.45, 7) is 7.28. The number of aryl methyl sites for hydroxylation is 3. The van der Waals surface area contributed by atoms with Crippen LogP contribution < -0.4 is 0 Å². The van der Waals surface area contributed by atoms with Gasteiger partial charge in [0.15, 0.2) is 0 Å². The molecule has 3 heterocycles. The van der Waals surface area contributed by atoms with Crippen molar-refractivity contribution in [3.63, 3.8) is 0 Å². The number of aromatic nitrogens is 3. The zero-order valence-corrected chi connectivity index (χ0v) is 17.1. The third-order valence-corrected chi connectivity index (χ3v) is 5.72. The number of hydrogen-bond donors (Lipinski definition) is 0. The van der Waals surface area contributed by atoms with E-state index in [2.05, 4.69) is 22.2 Å². The number of rotatable bonds is 5. The summed E-state index contributed by atoms with van der Waals surface area (Å²) in [5.41, 5.74) is 4.07. The molecule has 152 valence electrons. The third-order valence-electron chi connectivity index (χ3n) is 5.72. The molecular formula is C22H26N4O3. The standard InChI is InChI=1S/C22H26N4O3/c1-14-4-6-17(7-5-14)21-23-22(29-25-21)18-10-12-26(13-11-18)20(27)9-8-19-15(2)24-28-16(19)3/h4-7,18H,8-13H2,1-3H3. The number of nitrogens with zero attached hydrogens (tertiary/aromatic N) is 4. The van der Waals surface area contributed by atoms with Crippen molar-refractivity contribution < 1.29 is 13.8 Å². The van der Waals surface area contributed by atoms with Gasteiger partial charge in [-0.1, -0.05) is 40.1 Å². The first-order valence-electron chi connectivity index (χ1n) is 10.1. The molecule has 29 heavy (non-hydrogen) atoms. The monoisotopic (exact) mass is 394 g/mol. The second kappa shape index (κ2) is 8.19. The molecule has 0 bridgehead atoms. The van der Waals surface area contributed by atoms with Crippen molar-refractivity contribution in [1.82, 2.24) is 20.2 Å². The molecule has 1 aromatic carbocycles. The Morgan fingerprint density at radius 1 is 1.07 bits per heavy atom. The Labute approximate surface area is 170 Å². The number of piperidine rings is 1. The van der Waals surface area contributed by atoms with E-state index in [0.717, 1.165) is 35.4 Å². The molecule has 1 saturated heterocycles. The molecule has 7 nitrogen and oxygen atoms in total. The topological polar surface area (TPSA) is 85.3 Å². The van der Waals surface area contributed by atoms with Crippen LogP contribution in [0.25, 0.3) is 11.4 Å². The van der Waals surface area contributed by atoms with E-state index in [4.69, 9.17) is 9.05 Å². The maximum absolute atomic E-state index is 12.6. The van der Waals surface area contributed by atoms with Crippen LogP contribution in [0.1, 0.15) is 53.7 Å². The highest BCUT2D eigenvalue weighted by molar-refractivity contribution is 5.76. The normalized spacial score (nSPS) is 15.1. The highest BCUT2D eigenvalue weighted by Gasteiger charge is 2.27. The van der Waals surface area contributed by atoms with Gasteiger partial charge in [0.05, 0.1) is 5.69 Å². The van der Waals surface area contributed by atoms with Gasteiger partial charge >= 0.3 is 0 Å². The number of benzene rings is 1. The van der Waals surface area contributed by atoms with Crippen molar-refractivity contribution in [2.45, 2.75) is 52.4 Å². The van der Waals surface area contributed by atoms with Gasteiger partial charge in [-0.2, -0.15) is 4.98 Å². The molecule has 0 N–H and O–H groups in total. The lowest BCUT2D eigenvalue weighted by Gasteiger charge is -2.30. The minimum atomic E-state index is 0.175. The van der Waals surface area contributed by atoms with Crippen LogP contribution >= 0.6 is 0 Å². The molecule has 1 fully saturated rings. The predicted molar refractivity (Wildman–Crippen MR) is 107 cm³/mol. The van der Waals surface area contributed by atoms with Crippen LogP contribution in [0.3, 0.4) is 0 Å². The quantitative estimate of drug-likeness (QED) is 0.650. The Morgan fingerprint density at radius 2 is 1.79 bits per heavy atom. The Bertz CT molecular complexity index is 962. The summed E-state index contributed by atoms with van der Waals surface area (Å²) in [5, 5.41) is 8.09. The second-order valence-corrected chi connectivity index (χ2v) is 7.78. The molecule has 3 aromatic rings. The number of amides is 1. The van der Waals surface area contributed by atoms with Crippen LogP contribution in [0.5, 0.6) is 0 Å². The van der Waals surface area contributed by atoms with Gasteiger partial charge in [-0.15, -0.1) is 0 Å². The summed E-state index contributed by atoms with van der Waals surface area (Å²) in [6.07, 6.45) is 2.83. The van der Waals surface area contributed by atoms with Crippen LogP contribution in [-0.2, 0) is 11.2 Å². The van der Waals surface area contributed by atoms with E-state index >= 15 is 0 Å². The summed E-state index contributed by atoms with van der Waals surface area (Å²) in [6, 6.07) is 8.09. The van der Waals surface area contributed by atoms with Gasteiger partial charge in [0.2, 0.25) is 17.6 Å². The van der Waals surface area contributed by atoms with E-state index in [1.807, 2.05) is 43.0 Å². The highest BCUT2D eigenvalue weighted by Crippen LogP contribution is 2.29. The second-order valence-electron chi connectivity index (χ2n) is 7.78. The first-order valence-corrected chi connectivity index (χ1v) is 10.1. The van der Waals surface area contributed by atoms with E-state index in [1.54, 1.807) is 0 Å². The highest BCUT2D eigenvalue weighted by atomic mass is 16.5. The first-order chi connectivity index (χ1) is 14.0. The van der Waals surface area contributed by atoms with Crippen LogP contribution in [0.2, 0.25) is 0 Å². The van der Waals surface area contributed by atoms with Gasteiger partial charge < -0.3 is 13.9 Å². The zero-order valence-electron chi connectivity index (χ0n) is 17.1. The van der Waals surface area contributed by atoms with E-state index in [-0.39, 0.29) is 11.8 Å². The largest absolute Gasteiger partial charge is 0.361 e. The number of carbonyl (C=O) groups excluding carboxylic acids is 1. The summed E-state index contributed by atoms with van der Waals surface area (Å²) >= 11 is 0. The number of hydrogen-bond acceptors (Lipinski definition) is 6. The van der Waals surface area contributed by atoms with E-state index in [9.17, 15) is 4.79 Å². The van der Waals surface area contributed by atoms with Gasteiger partial charge in [-0.05, 0) is 40.0 Å². The lowest BCUT2D eigenvalue weighted by Crippen LogP contribution is -2.38. The van der Waals surface area contributed by atoms with Crippen LogP contribution in [0, 0.1) is 20.8 Å². The minimum absolute atomic E-state index is 0.175. The molecule has 0 unspecified atom stereocenters. The molecule has 0 saturated carbocycles. The lowest BCUT2D eigenvalue weighted by molar-refractivity contribution is -0.132. The molecule has 1 amide bonds. The van der Waals surface area contributed by atoms with Crippen molar-refractivity contribution in [3.05, 3.63) is 52.7 Å². The first kappa shape index (κ1) is 19.4. The molecule has 2 aromatic heterocycles. The third kappa shape index (κ3) is 4.23. The molecule has 0 spiro atoms. The van der Waals surface area contributed by atoms with Gasteiger partial charge in [-0.3, -0.25) is 4.79 Å². The van der Waals surface area contributed by atoms with Gasteiger partial charge in [0, 0.05) is 36.6 Å². The number of likely N-dealkylation sites (tertiary alicyclic amines) is 1. The molecule has 0 radical (unpaired) electrons. The molecule has 0 atom stereocenters. The van der Waals surface area contributed by atoms with E-state index in [1.165, 1.54) is 5.56 Å². The van der Waals surface area contributed by atoms with Crippen molar-refractivity contribution in [3.8, 4) is 11.4 Å². The lowest BCUT2D eigenvalue weighted by atomic mass is 9.96. The summed E-state index contributed by atoms with van der Waals surface area (Å²) in [5.74, 6) is 2.47. The minimum Gasteiger partial charge on any atom is -0.361 e. The van der Waals surface area contributed by atoms with E-state index < -0.39 is 0 Å². The average molecular weight is 394 g/mol. The fourth-order valence-corrected chi connectivity index (χ4v) is 3.85. The Balaban J connectivity index is 1.31. The summed E-state index contributed by atoms with van der Waals surface area (Å²) in [7, 11) is 0. The van der Waals surface area contributed by atoms with Gasteiger partial charge in [-0.25, -0.2) is 0 Å². The molecule has 7 heteroatoms. The fraction of sp³-hybridized carbons (Fsp3) is 0.455. The number of carbonyl (C=O) groups is 1. The Kier molecular flexibility index (Phi) is 5.47. The van der Waals surface area contributed by atoms with Crippen molar-refractivity contribution in [2.24, 2.45) is 0 Å². The molecule has 4 rings (SSSR count). The van der Waals surface area contributed by atoms with Gasteiger partial charge in [0.25, 0.3) is 0 Å². The molecule has 0 aliphatic carbocycles. The predicted octanol–water partition coefficient (Wildman–Crippen LogP) is 3.99. The molecular weight excluding hydrogens is 368 g/mol. The SMILES string of the molecule is Cc1ccc(-c2noc(C3CCN(C(=O)CCc4c(C)noc4C)CC3)n2)cc1. The molecule has 1 aliphatic rings. The summed E-state index contributed by atoms with van der Waals surface area (Å²) < 4.78 is 10.7. The smallest absolute Gasteiger partial charge is 0.230 e. The van der Waals surface area contributed by atoms with Crippen LogP contribution in [0.4, 0.5) is 0 Å². The summed E-state index contributed by atoms with van der Waals surface area (Å²) in [4.78, 5) is 19.1. The zero-order chi connectivity index (χ0) is 20.4. The maximum atomic E-state index is 12.6. The molecule has 1 aliphatic heterocycles. The Morgan fingerprint density at radius 3 is 2.45 bits per heavy atom. The maximum Gasteiger partial charge on any atom is 0.230 e. The van der Waals surface area contributed by atoms with Crippen molar-refractivity contribution in [1.29, 1.82) is 0 Å².